The molecule has 0 aliphatic heterocycles. The third-order valence-electron chi connectivity index (χ3n) is 7.24. The SMILES string of the molecule is CC(C)(C)OC(=O)Oc1cc(OC(C)(C)C)ccc1-c1nc(-c2ccc(OC(C)(C)C)cc2OC(=O)OC(C)(C)C)nc(-c2ccc(OC(C)(C)C)cc2OC(=O)OC(C)(C)C)n1. The third kappa shape index (κ3) is 16.6. The van der Waals surface area contributed by atoms with Gasteiger partial charge in [-0.05, 0) is 161 Å². The van der Waals surface area contributed by atoms with Gasteiger partial charge in [0.05, 0.1) is 16.7 Å². The van der Waals surface area contributed by atoms with Crippen LogP contribution in [-0.2, 0) is 14.2 Å². The average Bonchev–Trinajstić information content (AvgIpc) is 3.03. The maximum absolute atomic E-state index is 13.3. The summed E-state index contributed by atoms with van der Waals surface area (Å²) in [5.74, 6) is 1.09. The second kappa shape index (κ2) is 18.3. The van der Waals surface area contributed by atoms with Gasteiger partial charge >= 0.3 is 18.5 Å². The predicted octanol–water partition coefficient (Wildman–Crippen LogP) is 12.3. The van der Waals surface area contributed by atoms with E-state index in [1.54, 1.807) is 98.7 Å². The zero-order valence-corrected chi connectivity index (χ0v) is 39.9. The second-order valence-corrected chi connectivity index (χ2v) is 20.6. The van der Waals surface area contributed by atoms with Gasteiger partial charge in [-0.2, -0.15) is 0 Å². The van der Waals surface area contributed by atoms with Crippen LogP contribution in [0.2, 0.25) is 0 Å². The number of aromatic nitrogens is 3. The predicted molar refractivity (Wildman–Crippen MR) is 238 cm³/mol. The van der Waals surface area contributed by atoms with Crippen molar-refractivity contribution in [2.24, 2.45) is 0 Å². The number of rotatable bonds is 9. The number of carbonyl (C=O) groups excluding carboxylic acids is 3. The van der Waals surface area contributed by atoms with E-state index < -0.39 is 52.1 Å². The van der Waals surface area contributed by atoms with E-state index in [4.69, 9.17) is 57.6 Å². The Kier molecular flexibility index (Phi) is 14.4. The molecule has 1 heterocycles. The highest BCUT2D eigenvalue weighted by Gasteiger charge is 2.28. The van der Waals surface area contributed by atoms with Gasteiger partial charge < -0.3 is 42.6 Å². The summed E-state index contributed by atoms with van der Waals surface area (Å²) in [6.07, 6.45) is -2.97. The van der Waals surface area contributed by atoms with Gasteiger partial charge in [0, 0.05) is 18.2 Å². The number of carbonyl (C=O) groups is 3. The lowest BCUT2D eigenvalue weighted by molar-refractivity contribution is 0.0193. The van der Waals surface area contributed by atoms with Gasteiger partial charge in [0.25, 0.3) is 0 Å². The van der Waals surface area contributed by atoms with Crippen molar-refractivity contribution in [2.45, 2.75) is 158 Å². The highest BCUT2D eigenvalue weighted by atomic mass is 16.7. The maximum atomic E-state index is 13.3. The molecule has 15 heteroatoms. The molecule has 342 valence electrons. The molecule has 0 N–H and O–H groups in total. The molecular formula is C48H63N3O12. The van der Waals surface area contributed by atoms with E-state index >= 15 is 0 Å². The summed E-state index contributed by atoms with van der Waals surface area (Å²) in [5.41, 5.74) is -3.83. The van der Waals surface area contributed by atoms with Gasteiger partial charge in [-0.15, -0.1) is 0 Å². The van der Waals surface area contributed by atoms with Crippen LogP contribution in [0, 0.1) is 0 Å². The van der Waals surface area contributed by atoms with Crippen molar-refractivity contribution in [3.05, 3.63) is 54.6 Å². The maximum Gasteiger partial charge on any atom is 0.514 e. The molecule has 0 aliphatic carbocycles. The van der Waals surface area contributed by atoms with Gasteiger partial charge in [0.2, 0.25) is 0 Å². The Balaban J connectivity index is 2.10. The topological polar surface area (TPSA) is 173 Å². The standard InChI is InChI=1S/C48H63N3O12/c1-43(2,3)58-28-19-22-31(34(25-28)55-40(52)61-46(10,11)12)37-49-38(32-23-20-29(59-44(4,5)6)26-35(32)56-41(53)62-47(13,14)15)51-39(50-37)33-24-21-30(60-45(7,8)9)27-36(33)57-42(54)63-48(16,17)18/h19-27H,1-18H3. The van der Waals surface area contributed by atoms with Crippen molar-refractivity contribution in [1.29, 1.82) is 0 Å². The van der Waals surface area contributed by atoms with Crippen molar-refractivity contribution in [2.75, 3.05) is 0 Å². The average molecular weight is 874 g/mol. The summed E-state index contributed by atoms with van der Waals surface area (Å²) < 4.78 is 52.5. The molecule has 0 saturated heterocycles. The molecule has 63 heavy (non-hydrogen) atoms. The van der Waals surface area contributed by atoms with Gasteiger partial charge in [0.1, 0.15) is 68.1 Å². The number of hydrogen-bond donors (Lipinski definition) is 0. The van der Waals surface area contributed by atoms with Crippen LogP contribution in [0.1, 0.15) is 125 Å². The Morgan fingerprint density at radius 3 is 0.762 bits per heavy atom. The summed E-state index contributed by atoms with van der Waals surface area (Å²) >= 11 is 0. The van der Waals surface area contributed by atoms with Gasteiger partial charge in [-0.1, -0.05) is 0 Å². The zero-order chi connectivity index (χ0) is 47.5. The molecule has 4 aromatic rings. The van der Waals surface area contributed by atoms with E-state index in [0.717, 1.165) is 0 Å². The van der Waals surface area contributed by atoms with E-state index in [2.05, 4.69) is 0 Å². The Morgan fingerprint density at radius 2 is 0.571 bits per heavy atom. The lowest BCUT2D eigenvalue weighted by atomic mass is 10.1. The smallest absolute Gasteiger partial charge is 0.488 e. The lowest BCUT2D eigenvalue weighted by Crippen LogP contribution is -2.26. The van der Waals surface area contributed by atoms with Crippen LogP contribution in [0.15, 0.2) is 54.6 Å². The minimum absolute atomic E-state index is 0.00703. The normalized spacial score (nSPS) is 12.5. The van der Waals surface area contributed by atoms with Crippen LogP contribution >= 0.6 is 0 Å². The first-order valence-electron chi connectivity index (χ1n) is 20.6. The summed E-state index contributed by atoms with van der Waals surface area (Å²) in [5, 5.41) is 0. The number of hydrogen-bond acceptors (Lipinski definition) is 15. The van der Waals surface area contributed by atoms with E-state index in [9.17, 15) is 14.4 Å². The van der Waals surface area contributed by atoms with Crippen LogP contribution in [0.4, 0.5) is 14.4 Å². The third-order valence-corrected chi connectivity index (χ3v) is 7.24. The zero-order valence-electron chi connectivity index (χ0n) is 39.9. The molecule has 0 saturated carbocycles. The fourth-order valence-electron chi connectivity index (χ4n) is 5.39. The monoisotopic (exact) mass is 873 g/mol. The van der Waals surface area contributed by atoms with Gasteiger partial charge in [-0.25, -0.2) is 29.3 Å². The van der Waals surface area contributed by atoms with Crippen LogP contribution in [0.5, 0.6) is 34.5 Å². The van der Waals surface area contributed by atoms with E-state index in [0.29, 0.717) is 17.2 Å². The quantitative estimate of drug-likeness (QED) is 0.0882. The molecule has 0 radical (unpaired) electrons. The van der Waals surface area contributed by atoms with Crippen LogP contribution in [0.3, 0.4) is 0 Å². The minimum Gasteiger partial charge on any atom is -0.488 e. The summed E-state index contributed by atoms with van der Waals surface area (Å²) in [6, 6.07) is 14.5. The molecule has 15 nitrogen and oxygen atoms in total. The Bertz CT molecular complexity index is 2030. The number of nitrogens with zero attached hydrogens (tertiary/aromatic N) is 3. The molecule has 0 unspecified atom stereocenters. The van der Waals surface area contributed by atoms with Crippen LogP contribution < -0.4 is 28.4 Å². The first kappa shape index (κ1) is 49.5. The Labute approximate surface area is 371 Å². The number of ether oxygens (including phenoxy) is 9. The molecule has 1 aromatic heterocycles. The summed E-state index contributed by atoms with van der Waals surface area (Å²) in [4.78, 5) is 54.4. The van der Waals surface area contributed by atoms with Crippen LogP contribution in [0.25, 0.3) is 34.2 Å². The van der Waals surface area contributed by atoms with E-state index in [1.807, 2.05) is 62.3 Å². The molecule has 3 aromatic carbocycles. The van der Waals surface area contributed by atoms with Gasteiger partial charge in [-0.3, -0.25) is 0 Å². The summed E-state index contributed by atoms with van der Waals surface area (Å²) in [6.45, 7) is 32.3. The molecule has 4 rings (SSSR count). The van der Waals surface area contributed by atoms with Crippen molar-refractivity contribution < 1.29 is 57.0 Å². The van der Waals surface area contributed by atoms with Crippen molar-refractivity contribution in [3.8, 4) is 68.7 Å². The highest BCUT2D eigenvalue weighted by molar-refractivity contribution is 5.79. The largest absolute Gasteiger partial charge is 0.514 e. The molecule has 0 spiro atoms. The van der Waals surface area contributed by atoms with E-state index in [1.165, 1.54) is 18.2 Å². The minimum atomic E-state index is -0.990. The summed E-state index contributed by atoms with van der Waals surface area (Å²) in [7, 11) is 0. The molecule has 0 fully saturated rings. The molecule has 0 aliphatic rings. The van der Waals surface area contributed by atoms with Crippen LogP contribution in [-0.4, -0.2) is 67.0 Å². The highest BCUT2D eigenvalue weighted by Crippen LogP contribution is 2.40. The van der Waals surface area contributed by atoms with Crippen molar-refractivity contribution in [3.63, 3.8) is 0 Å². The fraction of sp³-hybridized carbons (Fsp3) is 0.500. The first-order chi connectivity index (χ1) is 28.6. The van der Waals surface area contributed by atoms with Gasteiger partial charge in [0.15, 0.2) is 17.5 Å². The fourth-order valence-corrected chi connectivity index (χ4v) is 5.39. The Hall–Kier alpha value is -6.12. The van der Waals surface area contributed by atoms with Crippen molar-refractivity contribution >= 4 is 18.5 Å². The molecular weight excluding hydrogens is 811 g/mol. The number of benzene rings is 3. The van der Waals surface area contributed by atoms with Crippen molar-refractivity contribution in [1.82, 2.24) is 15.0 Å². The molecule has 0 bridgehead atoms. The molecule has 0 atom stereocenters. The van der Waals surface area contributed by atoms with E-state index in [-0.39, 0.29) is 51.4 Å². The first-order valence-corrected chi connectivity index (χ1v) is 20.6. The molecule has 0 amide bonds. The lowest BCUT2D eigenvalue weighted by Gasteiger charge is -2.23. The second-order valence-electron chi connectivity index (χ2n) is 20.6. The Morgan fingerprint density at radius 1 is 0.349 bits per heavy atom.